The molecule has 0 aliphatic carbocycles. The van der Waals surface area contributed by atoms with Gasteiger partial charge in [-0.2, -0.15) is 0 Å². The van der Waals surface area contributed by atoms with Gasteiger partial charge in [-0.25, -0.2) is 4.79 Å². The van der Waals surface area contributed by atoms with E-state index in [2.05, 4.69) is 0 Å². The number of carboxylic acid groups (broad SMARTS) is 1. The molecule has 21 heavy (non-hydrogen) atoms. The minimum atomic E-state index is -1.19. The molecule has 1 unspecified atom stereocenters. The van der Waals surface area contributed by atoms with E-state index in [4.69, 9.17) is 5.11 Å². The maximum absolute atomic E-state index is 11.2. The first-order chi connectivity index (χ1) is 9.93. The van der Waals surface area contributed by atoms with Crippen LogP contribution in [0.4, 0.5) is 11.4 Å². The molecule has 0 bridgehead atoms. The summed E-state index contributed by atoms with van der Waals surface area (Å²) in [5, 5.41) is 29.5. The number of nitrogens with zero attached hydrogens (tertiary/aromatic N) is 2. The molecule has 2 rings (SSSR count). The number of carbonyl (C=O) groups is 1. The van der Waals surface area contributed by atoms with Gasteiger partial charge in [0, 0.05) is 31.5 Å². The number of piperidine rings is 1. The predicted molar refractivity (Wildman–Crippen MR) is 76.8 cm³/mol. The van der Waals surface area contributed by atoms with E-state index < -0.39 is 10.9 Å². The fourth-order valence-corrected chi connectivity index (χ4v) is 2.76. The van der Waals surface area contributed by atoms with Crippen LogP contribution in [0.5, 0.6) is 0 Å². The molecule has 7 heteroatoms. The molecule has 1 aromatic rings. The number of rotatable bonds is 4. The Morgan fingerprint density at radius 2 is 2.24 bits per heavy atom. The molecule has 1 heterocycles. The van der Waals surface area contributed by atoms with Crippen LogP contribution in [0.1, 0.15) is 28.8 Å². The van der Waals surface area contributed by atoms with E-state index in [-0.39, 0.29) is 23.8 Å². The fourth-order valence-electron chi connectivity index (χ4n) is 2.76. The number of aromatic carboxylic acids is 1. The maximum Gasteiger partial charge on any atom is 0.336 e. The minimum absolute atomic E-state index is 0.0657. The quantitative estimate of drug-likeness (QED) is 0.648. The largest absolute Gasteiger partial charge is 0.478 e. The summed E-state index contributed by atoms with van der Waals surface area (Å²) in [5.74, 6) is -1.07. The summed E-state index contributed by atoms with van der Waals surface area (Å²) in [5.41, 5.74) is 0.757. The number of carboxylic acids is 1. The van der Waals surface area contributed by atoms with Crippen LogP contribution in [-0.4, -0.2) is 40.8 Å². The first-order valence-electron chi connectivity index (χ1n) is 6.82. The van der Waals surface area contributed by atoms with E-state index in [0.717, 1.165) is 18.9 Å². The number of benzene rings is 1. The zero-order chi connectivity index (χ0) is 15.6. The smallest absolute Gasteiger partial charge is 0.336 e. The van der Waals surface area contributed by atoms with Crippen LogP contribution in [0.3, 0.4) is 0 Å². The summed E-state index contributed by atoms with van der Waals surface area (Å²) in [7, 11) is 0. The molecule has 0 aromatic heterocycles. The molecule has 1 atom stereocenters. The zero-order valence-corrected chi connectivity index (χ0v) is 11.8. The molecule has 1 fully saturated rings. The van der Waals surface area contributed by atoms with Crippen LogP contribution in [0, 0.1) is 23.0 Å². The average molecular weight is 294 g/mol. The van der Waals surface area contributed by atoms with Gasteiger partial charge in [-0.1, -0.05) is 0 Å². The average Bonchev–Trinajstić information content (AvgIpc) is 2.46. The van der Waals surface area contributed by atoms with Crippen molar-refractivity contribution in [2.45, 2.75) is 19.8 Å². The lowest BCUT2D eigenvalue weighted by Gasteiger charge is -2.34. The number of aliphatic hydroxyl groups is 1. The highest BCUT2D eigenvalue weighted by Crippen LogP contribution is 2.33. The second-order valence-electron chi connectivity index (χ2n) is 5.34. The lowest BCUT2D eigenvalue weighted by Crippen LogP contribution is -2.37. The van der Waals surface area contributed by atoms with Gasteiger partial charge in [-0.15, -0.1) is 0 Å². The number of aliphatic hydroxyl groups excluding tert-OH is 1. The van der Waals surface area contributed by atoms with E-state index in [0.29, 0.717) is 24.3 Å². The van der Waals surface area contributed by atoms with Crippen LogP contribution < -0.4 is 4.90 Å². The van der Waals surface area contributed by atoms with E-state index in [1.54, 1.807) is 6.92 Å². The molecule has 2 N–H and O–H groups in total. The molecule has 114 valence electrons. The van der Waals surface area contributed by atoms with Gasteiger partial charge in [0.2, 0.25) is 0 Å². The highest BCUT2D eigenvalue weighted by atomic mass is 16.6. The van der Waals surface area contributed by atoms with Crippen LogP contribution in [0.2, 0.25) is 0 Å². The van der Waals surface area contributed by atoms with Gasteiger partial charge in [0.05, 0.1) is 16.1 Å². The Balaban J connectivity index is 2.46. The van der Waals surface area contributed by atoms with Crippen LogP contribution >= 0.6 is 0 Å². The SMILES string of the molecule is Cc1c(N2CCCC(CO)C2)cc(C(=O)O)cc1[N+](=O)[O-]. The molecule has 0 spiro atoms. The van der Waals surface area contributed by atoms with Gasteiger partial charge < -0.3 is 15.1 Å². The van der Waals surface area contributed by atoms with Gasteiger partial charge in [0.15, 0.2) is 0 Å². The van der Waals surface area contributed by atoms with Gasteiger partial charge >= 0.3 is 5.97 Å². The molecule has 0 amide bonds. The predicted octanol–water partition coefficient (Wildman–Crippen LogP) is 1.81. The molecule has 0 radical (unpaired) electrons. The maximum atomic E-state index is 11.2. The van der Waals surface area contributed by atoms with E-state index in [1.165, 1.54) is 6.07 Å². The zero-order valence-electron chi connectivity index (χ0n) is 11.8. The third-order valence-electron chi connectivity index (χ3n) is 3.91. The second kappa shape index (κ2) is 6.09. The Labute approximate surface area is 122 Å². The molecule has 7 nitrogen and oxygen atoms in total. The normalized spacial score (nSPS) is 18.6. The molecule has 1 aromatic carbocycles. The monoisotopic (exact) mass is 294 g/mol. The van der Waals surface area contributed by atoms with Crippen LogP contribution in [0.15, 0.2) is 12.1 Å². The molecule has 1 saturated heterocycles. The molecule has 1 aliphatic heterocycles. The topological polar surface area (TPSA) is 104 Å². The molecular formula is C14H18N2O5. The fraction of sp³-hybridized carbons (Fsp3) is 0.500. The Morgan fingerprint density at radius 1 is 1.52 bits per heavy atom. The number of nitro benzene ring substituents is 1. The summed E-state index contributed by atoms with van der Waals surface area (Å²) < 4.78 is 0. The van der Waals surface area contributed by atoms with Crippen molar-refractivity contribution >= 4 is 17.3 Å². The highest BCUT2D eigenvalue weighted by molar-refractivity contribution is 5.90. The summed E-state index contributed by atoms with van der Waals surface area (Å²) >= 11 is 0. The third-order valence-corrected chi connectivity index (χ3v) is 3.91. The van der Waals surface area contributed by atoms with Crippen LogP contribution in [-0.2, 0) is 0 Å². The number of anilines is 1. The summed E-state index contributed by atoms with van der Waals surface area (Å²) in [6, 6.07) is 2.57. The first kappa shape index (κ1) is 15.2. The summed E-state index contributed by atoms with van der Waals surface area (Å²) in [6.45, 7) is 2.98. The van der Waals surface area contributed by atoms with Crippen molar-refractivity contribution in [1.82, 2.24) is 0 Å². The van der Waals surface area contributed by atoms with Crippen LogP contribution in [0.25, 0.3) is 0 Å². The van der Waals surface area contributed by atoms with Gasteiger partial charge in [0.25, 0.3) is 5.69 Å². The van der Waals surface area contributed by atoms with E-state index >= 15 is 0 Å². The Morgan fingerprint density at radius 3 is 2.81 bits per heavy atom. The van der Waals surface area contributed by atoms with Crippen molar-refractivity contribution in [2.24, 2.45) is 5.92 Å². The van der Waals surface area contributed by atoms with Crippen molar-refractivity contribution in [3.05, 3.63) is 33.4 Å². The van der Waals surface area contributed by atoms with E-state index in [1.807, 2.05) is 4.90 Å². The number of nitro groups is 1. The van der Waals surface area contributed by atoms with E-state index in [9.17, 15) is 20.0 Å². The van der Waals surface area contributed by atoms with Crippen molar-refractivity contribution in [1.29, 1.82) is 0 Å². The molecule has 1 aliphatic rings. The van der Waals surface area contributed by atoms with Crippen molar-refractivity contribution in [3.8, 4) is 0 Å². The third kappa shape index (κ3) is 3.13. The van der Waals surface area contributed by atoms with Gasteiger partial charge in [-0.05, 0) is 31.7 Å². The molecule has 0 saturated carbocycles. The van der Waals surface area contributed by atoms with Crippen molar-refractivity contribution in [2.75, 3.05) is 24.6 Å². The van der Waals surface area contributed by atoms with Gasteiger partial charge in [-0.3, -0.25) is 10.1 Å². The highest BCUT2D eigenvalue weighted by Gasteiger charge is 2.25. The lowest BCUT2D eigenvalue weighted by molar-refractivity contribution is -0.385. The number of hydrogen-bond acceptors (Lipinski definition) is 5. The Kier molecular flexibility index (Phi) is 4.42. The van der Waals surface area contributed by atoms with Crippen molar-refractivity contribution in [3.63, 3.8) is 0 Å². The molecular weight excluding hydrogens is 276 g/mol. The minimum Gasteiger partial charge on any atom is -0.478 e. The number of hydrogen-bond donors (Lipinski definition) is 2. The van der Waals surface area contributed by atoms with Gasteiger partial charge in [0.1, 0.15) is 0 Å². The second-order valence-corrected chi connectivity index (χ2v) is 5.34. The summed E-state index contributed by atoms with van der Waals surface area (Å²) in [4.78, 5) is 23.6. The first-order valence-corrected chi connectivity index (χ1v) is 6.82. The Bertz CT molecular complexity index is 573. The standard InChI is InChI=1S/C14H18N2O5/c1-9-12(15-4-2-3-10(7-15)8-17)5-11(14(18)19)6-13(9)16(20)21/h5-6,10,17H,2-4,7-8H2,1H3,(H,18,19). The summed E-state index contributed by atoms with van der Waals surface area (Å²) in [6.07, 6.45) is 1.78. The Hall–Kier alpha value is -2.15. The lowest BCUT2D eigenvalue weighted by atomic mass is 9.97. The van der Waals surface area contributed by atoms with Crippen molar-refractivity contribution < 1.29 is 19.9 Å².